The fraction of sp³-hybridized carbons (Fsp3) is 0.714. The lowest BCUT2D eigenvalue weighted by molar-refractivity contribution is 0.0433. The van der Waals surface area contributed by atoms with Gasteiger partial charge in [0.1, 0.15) is 6.10 Å². The Morgan fingerprint density at radius 2 is 2.20 bits per heavy atom. The van der Waals surface area contributed by atoms with Crippen LogP contribution in [0, 0.1) is 0 Å². The molecule has 0 fully saturated rings. The summed E-state index contributed by atoms with van der Waals surface area (Å²) in [4.78, 5) is 0. The van der Waals surface area contributed by atoms with Crippen molar-refractivity contribution in [1.29, 1.82) is 0 Å². The van der Waals surface area contributed by atoms with Crippen LogP contribution in [0.3, 0.4) is 0 Å². The summed E-state index contributed by atoms with van der Waals surface area (Å²) in [5, 5.41) is 27.2. The fourth-order valence-corrected chi connectivity index (χ4v) is 1.15. The van der Waals surface area contributed by atoms with Crippen molar-refractivity contribution >= 4 is 0 Å². The summed E-state index contributed by atoms with van der Waals surface area (Å²) >= 11 is 0. The molecule has 0 bridgehead atoms. The van der Waals surface area contributed by atoms with Gasteiger partial charge >= 0.3 is 0 Å². The van der Waals surface area contributed by atoms with Crippen molar-refractivity contribution < 1.29 is 15.3 Å². The average molecular weight is 144 g/mol. The molecule has 0 radical (unpaired) electrons. The zero-order chi connectivity index (χ0) is 7.72. The van der Waals surface area contributed by atoms with Crippen LogP contribution in [-0.2, 0) is 0 Å². The van der Waals surface area contributed by atoms with Crippen molar-refractivity contribution in [3.63, 3.8) is 0 Å². The quantitative estimate of drug-likeness (QED) is 0.431. The maximum Gasteiger partial charge on any atom is 0.104 e. The van der Waals surface area contributed by atoms with Crippen molar-refractivity contribution in [2.24, 2.45) is 0 Å². The van der Waals surface area contributed by atoms with Gasteiger partial charge in [-0.1, -0.05) is 6.08 Å². The topological polar surface area (TPSA) is 60.7 Å². The van der Waals surface area contributed by atoms with Gasteiger partial charge in [-0.2, -0.15) is 0 Å². The molecule has 3 unspecified atom stereocenters. The van der Waals surface area contributed by atoms with Gasteiger partial charge in [-0.15, -0.1) is 0 Å². The van der Waals surface area contributed by atoms with Crippen LogP contribution in [0.5, 0.6) is 0 Å². The SMILES string of the molecule is CC(O)C1=CCC(O)C1O. The summed E-state index contributed by atoms with van der Waals surface area (Å²) in [6.07, 6.45) is -0.0988. The highest BCUT2D eigenvalue weighted by Gasteiger charge is 2.27. The van der Waals surface area contributed by atoms with Gasteiger partial charge in [0, 0.05) is 0 Å². The first-order chi connectivity index (χ1) is 4.63. The lowest BCUT2D eigenvalue weighted by Gasteiger charge is -2.13. The van der Waals surface area contributed by atoms with Gasteiger partial charge in [0.05, 0.1) is 12.2 Å². The Morgan fingerprint density at radius 3 is 2.40 bits per heavy atom. The number of rotatable bonds is 1. The van der Waals surface area contributed by atoms with Gasteiger partial charge < -0.3 is 15.3 Å². The number of hydrogen-bond donors (Lipinski definition) is 3. The van der Waals surface area contributed by atoms with Gasteiger partial charge in [0.2, 0.25) is 0 Å². The fourth-order valence-electron chi connectivity index (χ4n) is 1.15. The van der Waals surface area contributed by atoms with Crippen LogP contribution < -0.4 is 0 Å². The van der Waals surface area contributed by atoms with E-state index in [9.17, 15) is 0 Å². The lowest BCUT2D eigenvalue weighted by Crippen LogP contribution is -2.26. The van der Waals surface area contributed by atoms with E-state index in [-0.39, 0.29) is 0 Å². The van der Waals surface area contributed by atoms with Gasteiger partial charge in [0.25, 0.3) is 0 Å². The molecule has 0 heterocycles. The van der Waals surface area contributed by atoms with Gasteiger partial charge in [-0.3, -0.25) is 0 Å². The molecule has 0 aromatic heterocycles. The molecule has 3 heteroatoms. The molecule has 0 spiro atoms. The molecule has 0 aromatic rings. The second kappa shape index (κ2) is 2.70. The van der Waals surface area contributed by atoms with Crippen molar-refractivity contribution in [3.05, 3.63) is 11.6 Å². The van der Waals surface area contributed by atoms with Crippen LogP contribution in [0.25, 0.3) is 0 Å². The Hall–Kier alpha value is -0.380. The van der Waals surface area contributed by atoms with E-state index in [0.717, 1.165) is 0 Å². The minimum Gasteiger partial charge on any atom is -0.390 e. The van der Waals surface area contributed by atoms with Crippen LogP contribution in [0.15, 0.2) is 11.6 Å². The molecule has 1 rings (SSSR count). The molecule has 0 amide bonds. The minimum atomic E-state index is -0.861. The Morgan fingerprint density at radius 1 is 1.60 bits per heavy atom. The van der Waals surface area contributed by atoms with E-state index < -0.39 is 18.3 Å². The second-order valence-corrected chi connectivity index (χ2v) is 2.63. The predicted octanol–water partition coefficient (Wildman–Crippen LogP) is -0.581. The number of aliphatic hydroxyl groups excluding tert-OH is 3. The largest absolute Gasteiger partial charge is 0.390 e. The zero-order valence-electron chi connectivity index (χ0n) is 5.86. The van der Waals surface area contributed by atoms with Crippen LogP contribution in [0.2, 0.25) is 0 Å². The zero-order valence-corrected chi connectivity index (χ0v) is 5.86. The lowest BCUT2D eigenvalue weighted by atomic mass is 10.1. The summed E-state index contributed by atoms with van der Waals surface area (Å²) in [7, 11) is 0. The maximum absolute atomic E-state index is 9.15. The molecule has 0 aromatic carbocycles. The molecule has 58 valence electrons. The Labute approximate surface area is 59.6 Å². The summed E-state index contributed by atoms with van der Waals surface area (Å²) in [6.45, 7) is 1.58. The van der Waals surface area contributed by atoms with Crippen molar-refractivity contribution in [3.8, 4) is 0 Å². The first-order valence-corrected chi connectivity index (χ1v) is 3.37. The van der Waals surface area contributed by atoms with Gasteiger partial charge in [0.15, 0.2) is 0 Å². The van der Waals surface area contributed by atoms with E-state index in [0.29, 0.717) is 12.0 Å². The minimum absolute atomic E-state index is 0.446. The van der Waals surface area contributed by atoms with E-state index in [1.165, 1.54) is 0 Å². The Balaban J connectivity index is 2.62. The van der Waals surface area contributed by atoms with Crippen molar-refractivity contribution in [2.75, 3.05) is 0 Å². The summed E-state index contributed by atoms with van der Waals surface area (Å²) in [5.74, 6) is 0. The van der Waals surface area contributed by atoms with Crippen LogP contribution in [-0.4, -0.2) is 33.6 Å². The van der Waals surface area contributed by atoms with Crippen LogP contribution in [0.1, 0.15) is 13.3 Å². The molecule has 10 heavy (non-hydrogen) atoms. The monoisotopic (exact) mass is 144 g/mol. The molecule has 0 saturated carbocycles. The molecular weight excluding hydrogens is 132 g/mol. The Bertz CT molecular complexity index is 151. The molecule has 1 aliphatic carbocycles. The standard InChI is InChI=1S/C7H12O3/c1-4(8)5-2-3-6(9)7(5)10/h2,4,6-10H,3H2,1H3. The number of aliphatic hydroxyl groups is 3. The first-order valence-electron chi connectivity index (χ1n) is 3.37. The van der Waals surface area contributed by atoms with Crippen LogP contribution in [0.4, 0.5) is 0 Å². The van der Waals surface area contributed by atoms with Gasteiger partial charge in [-0.25, -0.2) is 0 Å². The third kappa shape index (κ3) is 1.21. The van der Waals surface area contributed by atoms with Crippen LogP contribution >= 0.6 is 0 Å². The number of hydrogen-bond acceptors (Lipinski definition) is 3. The van der Waals surface area contributed by atoms with Crippen molar-refractivity contribution in [1.82, 2.24) is 0 Å². The third-order valence-corrected chi connectivity index (χ3v) is 1.78. The molecule has 0 saturated heterocycles. The Kier molecular flexibility index (Phi) is 2.08. The molecule has 3 atom stereocenters. The van der Waals surface area contributed by atoms with E-state index in [2.05, 4.69) is 0 Å². The third-order valence-electron chi connectivity index (χ3n) is 1.78. The molecule has 0 aliphatic heterocycles. The van der Waals surface area contributed by atoms with E-state index >= 15 is 0 Å². The molecule has 3 N–H and O–H groups in total. The summed E-state index contributed by atoms with van der Waals surface area (Å²) in [5.41, 5.74) is 0.535. The smallest absolute Gasteiger partial charge is 0.104 e. The molecule has 3 nitrogen and oxygen atoms in total. The maximum atomic E-state index is 9.15. The highest BCUT2D eigenvalue weighted by Crippen LogP contribution is 2.21. The summed E-state index contributed by atoms with van der Waals surface area (Å²) in [6, 6.07) is 0. The highest BCUT2D eigenvalue weighted by molar-refractivity contribution is 5.20. The van der Waals surface area contributed by atoms with E-state index in [1.54, 1.807) is 13.0 Å². The van der Waals surface area contributed by atoms with Gasteiger partial charge in [-0.05, 0) is 18.9 Å². The molecule has 1 aliphatic rings. The normalized spacial score (nSPS) is 35.8. The van der Waals surface area contributed by atoms with Crippen molar-refractivity contribution in [2.45, 2.75) is 31.7 Å². The molecular formula is C7H12O3. The highest BCUT2D eigenvalue weighted by atomic mass is 16.3. The second-order valence-electron chi connectivity index (χ2n) is 2.63. The average Bonchev–Trinajstić information content (AvgIpc) is 2.14. The predicted molar refractivity (Wildman–Crippen MR) is 36.4 cm³/mol. The van der Waals surface area contributed by atoms with E-state index in [1.807, 2.05) is 0 Å². The summed E-state index contributed by atoms with van der Waals surface area (Å²) < 4.78 is 0. The van der Waals surface area contributed by atoms with E-state index in [4.69, 9.17) is 15.3 Å². The first kappa shape index (κ1) is 7.72.